The molecule has 1 fully saturated rings. The number of alkyl halides is 1. The third-order valence-electron chi connectivity index (χ3n) is 4.38. The van der Waals surface area contributed by atoms with Gasteiger partial charge in [0.05, 0.1) is 11.8 Å². The van der Waals surface area contributed by atoms with E-state index in [2.05, 4.69) is 0 Å². The Bertz CT molecular complexity index is 581. The molecule has 3 rings (SSSR count). The van der Waals surface area contributed by atoms with E-state index in [1.165, 1.54) is 11.9 Å². The Morgan fingerprint density at radius 1 is 1.29 bits per heavy atom. The third-order valence-corrected chi connectivity index (χ3v) is 4.99. The standard InChI is InChI=1S/C16H18ClNO3/c1-18-14(19)9-11-2-3-12(8-13(11)16(18)20)15(17)10-4-6-21-7-5-10/h2-3,8,10,15H,4-7,9H2,1H3. The highest BCUT2D eigenvalue weighted by Gasteiger charge is 2.30. The molecular weight excluding hydrogens is 290 g/mol. The van der Waals surface area contributed by atoms with Gasteiger partial charge in [-0.2, -0.15) is 0 Å². The number of carbonyl (C=O) groups excluding carboxylic acids is 2. The fraction of sp³-hybridized carbons (Fsp3) is 0.500. The number of carbonyl (C=O) groups is 2. The van der Waals surface area contributed by atoms with Crippen LogP contribution in [-0.4, -0.2) is 37.0 Å². The summed E-state index contributed by atoms with van der Waals surface area (Å²) in [5.41, 5.74) is 2.36. The van der Waals surface area contributed by atoms with E-state index in [1.807, 2.05) is 18.2 Å². The summed E-state index contributed by atoms with van der Waals surface area (Å²) in [6.45, 7) is 1.49. The molecule has 0 aromatic heterocycles. The highest BCUT2D eigenvalue weighted by Crippen LogP contribution is 2.36. The largest absolute Gasteiger partial charge is 0.381 e. The van der Waals surface area contributed by atoms with Gasteiger partial charge in [0.25, 0.3) is 5.91 Å². The van der Waals surface area contributed by atoms with Crippen LogP contribution >= 0.6 is 11.6 Å². The van der Waals surface area contributed by atoms with Crippen LogP contribution in [0.4, 0.5) is 0 Å². The fourth-order valence-electron chi connectivity index (χ4n) is 2.97. The van der Waals surface area contributed by atoms with Gasteiger partial charge in [-0.25, -0.2) is 0 Å². The quantitative estimate of drug-likeness (QED) is 0.623. The van der Waals surface area contributed by atoms with E-state index in [4.69, 9.17) is 16.3 Å². The smallest absolute Gasteiger partial charge is 0.260 e. The molecule has 5 heteroatoms. The van der Waals surface area contributed by atoms with Gasteiger partial charge in [0, 0.05) is 25.8 Å². The number of benzene rings is 1. The van der Waals surface area contributed by atoms with Crippen LogP contribution in [0.15, 0.2) is 18.2 Å². The molecule has 0 N–H and O–H groups in total. The van der Waals surface area contributed by atoms with E-state index in [9.17, 15) is 9.59 Å². The second-order valence-corrected chi connectivity index (χ2v) is 6.17. The number of fused-ring (bicyclic) bond motifs is 1. The van der Waals surface area contributed by atoms with Crippen LogP contribution in [-0.2, 0) is 16.0 Å². The lowest BCUT2D eigenvalue weighted by Gasteiger charge is -2.28. The van der Waals surface area contributed by atoms with E-state index in [0.717, 1.165) is 37.2 Å². The molecule has 2 aliphatic heterocycles. The first kappa shape index (κ1) is 14.5. The molecule has 2 aliphatic rings. The van der Waals surface area contributed by atoms with Crippen molar-refractivity contribution in [1.29, 1.82) is 0 Å². The molecule has 1 aromatic rings. The molecule has 0 aliphatic carbocycles. The molecule has 0 spiro atoms. The highest BCUT2D eigenvalue weighted by molar-refractivity contribution is 6.21. The number of nitrogens with zero attached hydrogens (tertiary/aromatic N) is 1. The Morgan fingerprint density at radius 2 is 2.00 bits per heavy atom. The van der Waals surface area contributed by atoms with Crippen molar-refractivity contribution in [3.63, 3.8) is 0 Å². The molecule has 2 heterocycles. The number of imide groups is 1. The van der Waals surface area contributed by atoms with Gasteiger partial charge in [0.2, 0.25) is 5.91 Å². The van der Waals surface area contributed by atoms with Crippen LogP contribution < -0.4 is 0 Å². The van der Waals surface area contributed by atoms with Crippen LogP contribution in [0.1, 0.15) is 39.7 Å². The molecule has 1 aromatic carbocycles. The number of ether oxygens (including phenoxy) is 1. The summed E-state index contributed by atoms with van der Waals surface area (Å²) in [7, 11) is 1.52. The van der Waals surface area contributed by atoms with Crippen molar-refractivity contribution < 1.29 is 14.3 Å². The number of rotatable bonds is 2. The van der Waals surface area contributed by atoms with E-state index in [0.29, 0.717) is 11.5 Å². The second kappa shape index (κ2) is 5.78. The minimum absolute atomic E-state index is 0.116. The summed E-state index contributed by atoms with van der Waals surface area (Å²) in [4.78, 5) is 25.1. The van der Waals surface area contributed by atoms with Crippen molar-refractivity contribution in [3.8, 4) is 0 Å². The van der Waals surface area contributed by atoms with Gasteiger partial charge in [-0.05, 0) is 36.0 Å². The number of amides is 2. The van der Waals surface area contributed by atoms with E-state index >= 15 is 0 Å². The lowest BCUT2D eigenvalue weighted by molar-refractivity contribution is -0.127. The molecule has 4 nitrogen and oxygen atoms in total. The van der Waals surface area contributed by atoms with Crippen molar-refractivity contribution in [3.05, 3.63) is 34.9 Å². The van der Waals surface area contributed by atoms with Gasteiger partial charge in [-0.3, -0.25) is 14.5 Å². The summed E-state index contributed by atoms with van der Waals surface area (Å²) in [6.07, 6.45) is 2.16. The van der Waals surface area contributed by atoms with Crippen LogP contribution in [0.2, 0.25) is 0 Å². The van der Waals surface area contributed by atoms with Crippen LogP contribution in [0, 0.1) is 5.92 Å². The first-order valence-electron chi connectivity index (χ1n) is 7.23. The number of likely N-dealkylation sites (N-methyl/N-ethyl adjacent to an activating group) is 1. The van der Waals surface area contributed by atoms with Gasteiger partial charge < -0.3 is 4.74 Å². The average molecular weight is 308 g/mol. The molecule has 2 amide bonds. The molecule has 21 heavy (non-hydrogen) atoms. The maximum atomic E-state index is 12.2. The zero-order valence-corrected chi connectivity index (χ0v) is 12.7. The molecule has 1 atom stereocenters. The molecule has 0 radical (unpaired) electrons. The van der Waals surface area contributed by atoms with Crippen LogP contribution in [0.3, 0.4) is 0 Å². The highest BCUT2D eigenvalue weighted by atomic mass is 35.5. The molecule has 112 valence electrons. The SMILES string of the molecule is CN1C(=O)Cc2ccc(C(Cl)C3CCOCC3)cc2C1=O. The van der Waals surface area contributed by atoms with Crippen molar-refractivity contribution in [2.24, 2.45) is 5.92 Å². The summed E-state index contributed by atoms with van der Waals surface area (Å²) in [6, 6.07) is 5.66. The monoisotopic (exact) mass is 307 g/mol. The topological polar surface area (TPSA) is 46.6 Å². The molecule has 0 saturated carbocycles. The van der Waals surface area contributed by atoms with Crippen LogP contribution in [0.25, 0.3) is 0 Å². The lowest BCUT2D eigenvalue weighted by atomic mass is 9.89. The van der Waals surface area contributed by atoms with E-state index in [1.54, 1.807) is 0 Å². The molecular formula is C16H18ClNO3. The molecule has 0 bridgehead atoms. The van der Waals surface area contributed by atoms with Crippen molar-refractivity contribution in [2.45, 2.75) is 24.6 Å². The Kier molecular flexibility index (Phi) is 4.00. The van der Waals surface area contributed by atoms with Gasteiger partial charge in [0.1, 0.15) is 0 Å². The Hall–Kier alpha value is -1.39. The van der Waals surface area contributed by atoms with Crippen molar-refractivity contribution in [2.75, 3.05) is 20.3 Å². The maximum absolute atomic E-state index is 12.2. The summed E-state index contributed by atoms with van der Waals surface area (Å²) in [5.74, 6) is -0.0254. The number of hydrogen-bond donors (Lipinski definition) is 0. The van der Waals surface area contributed by atoms with Gasteiger partial charge >= 0.3 is 0 Å². The zero-order chi connectivity index (χ0) is 15.0. The molecule has 1 saturated heterocycles. The minimum Gasteiger partial charge on any atom is -0.381 e. The Labute approximate surface area is 129 Å². The minimum atomic E-state index is -0.237. The first-order valence-corrected chi connectivity index (χ1v) is 7.67. The number of hydrogen-bond acceptors (Lipinski definition) is 3. The normalized spacial score (nSPS) is 21.3. The number of halogens is 1. The predicted molar refractivity (Wildman–Crippen MR) is 79.4 cm³/mol. The van der Waals surface area contributed by atoms with Crippen LogP contribution in [0.5, 0.6) is 0 Å². The average Bonchev–Trinajstić information content (AvgIpc) is 2.53. The summed E-state index contributed by atoms with van der Waals surface area (Å²) >= 11 is 6.59. The first-order chi connectivity index (χ1) is 10.1. The Balaban J connectivity index is 1.88. The van der Waals surface area contributed by atoms with E-state index < -0.39 is 0 Å². The van der Waals surface area contributed by atoms with Gasteiger partial charge in [-0.15, -0.1) is 11.6 Å². The van der Waals surface area contributed by atoms with E-state index in [-0.39, 0.29) is 23.6 Å². The second-order valence-electron chi connectivity index (χ2n) is 5.70. The van der Waals surface area contributed by atoms with Gasteiger partial charge in [-0.1, -0.05) is 12.1 Å². The third kappa shape index (κ3) is 2.70. The summed E-state index contributed by atoms with van der Waals surface area (Å²) in [5, 5.41) is -0.116. The lowest BCUT2D eigenvalue weighted by Crippen LogP contribution is -2.39. The van der Waals surface area contributed by atoms with Crippen molar-refractivity contribution in [1.82, 2.24) is 4.90 Å². The van der Waals surface area contributed by atoms with Crippen molar-refractivity contribution >= 4 is 23.4 Å². The predicted octanol–water partition coefficient (Wildman–Crippen LogP) is 2.55. The summed E-state index contributed by atoms with van der Waals surface area (Å²) < 4.78 is 5.36. The van der Waals surface area contributed by atoms with Gasteiger partial charge in [0.15, 0.2) is 0 Å². The fourth-order valence-corrected chi connectivity index (χ4v) is 3.36. The zero-order valence-electron chi connectivity index (χ0n) is 12.0. The Morgan fingerprint density at radius 3 is 2.71 bits per heavy atom. The molecule has 1 unspecified atom stereocenters. The maximum Gasteiger partial charge on any atom is 0.260 e.